The Bertz CT molecular complexity index is 191. The van der Waals surface area contributed by atoms with Crippen LogP contribution in [-0.4, -0.2) is 35.1 Å². The normalized spacial score (nSPS) is 28.4. The molecule has 0 aliphatic carbocycles. The van der Waals surface area contributed by atoms with Gasteiger partial charge in [-0.2, -0.15) is 0 Å². The van der Waals surface area contributed by atoms with E-state index in [1.165, 1.54) is 12.8 Å². The molecule has 0 saturated carbocycles. The molecule has 2 heteroatoms. The molecule has 1 saturated heterocycles. The molecule has 1 atom stereocenters. The molecule has 0 aromatic heterocycles. The molecular formula is C13H28N2. The minimum atomic E-state index is 0.259. The van der Waals surface area contributed by atoms with Crippen LogP contribution in [0.15, 0.2) is 0 Å². The van der Waals surface area contributed by atoms with Gasteiger partial charge in [0.25, 0.3) is 0 Å². The van der Waals surface area contributed by atoms with Gasteiger partial charge >= 0.3 is 0 Å². The number of rotatable bonds is 2. The van der Waals surface area contributed by atoms with E-state index in [-0.39, 0.29) is 5.54 Å². The van der Waals surface area contributed by atoms with E-state index in [1.807, 2.05) is 0 Å². The molecule has 0 bridgehead atoms. The lowest BCUT2D eigenvalue weighted by atomic mass is 9.89. The van der Waals surface area contributed by atoms with Gasteiger partial charge in [0.15, 0.2) is 0 Å². The molecule has 0 spiro atoms. The smallest absolute Gasteiger partial charge is 0.0285 e. The summed E-state index contributed by atoms with van der Waals surface area (Å²) in [5.74, 6) is 0. The van der Waals surface area contributed by atoms with Crippen LogP contribution in [0.1, 0.15) is 54.4 Å². The first-order valence-corrected chi connectivity index (χ1v) is 6.31. The predicted molar refractivity (Wildman–Crippen MR) is 67.2 cm³/mol. The van der Waals surface area contributed by atoms with Gasteiger partial charge in [-0.25, -0.2) is 0 Å². The molecular weight excluding hydrogens is 184 g/mol. The summed E-state index contributed by atoms with van der Waals surface area (Å²) in [6, 6.07) is 0.662. The Balaban J connectivity index is 2.98. The summed E-state index contributed by atoms with van der Waals surface area (Å²) in [6.07, 6.45) is 2.47. The predicted octanol–water partition coefficient (Wildman–Crippen LogP) is 2.64. The van der Waals surface area contributed by atoms with Crippen molar-refractivity contribution in [2.24, 2.45) is 0 Å². The van der Waals surface area contributed by atoms with E-state index in [4.69, 9.17) is 0 Å². The average molecular weight is 212 g/mol. The number of nitrogens with zero attached hydrogens (tertiary/aromatic N) is 1. The number of hydrogen-bond donors (Lipinski definition) is 1. The molecule has 0 radical (unpaired) electrons. The van der Waals surface area contributed by atoms with Crippen LogP contribution >= 0.6 is 0 Å². The molecule has 1 heterocycles. The summed E-state index contributed by atoms with van der Waals surface area (Å²) in [6.45, 7) is 16.4. The fraction of sp³-hybridized carbons (Fsp3) is 1.00. The van der Waals surface area contributed by atoms with Gasteiger partial charge in [0.05, 0.1) is 0 Å². The second-order valence-electron chi connectivity index (χ2n) is 6.18. The molecule has 1 rings (SSSR count). The van der Waals surface area contributed by atoms with Crippen LogP contribution in [0.25, 0.3) is 0 Å². The molecule has 2 nitrogen and oxygen atoms in total. The largest absolute Gasteiger partial charge is 0.315 e. The van der Waals surface area contributed by atoms with E-state index in [0.29, 0.717) is 11.6 Å². The average Bonchev–Trinajstić information content (AvgIpc) is 2.20. The standard InChI is InChI=1S/C13H28N2/c1-7-11(2)15-12(3,4)8-9-14-10-13(15,5)6/h11,14H,7-10H2,1-6H3. The molecule has 90 valence electrons. The summed E-state index contributed by atoms with van der Waals surface area (Å²) in [5, 5.41) is 3.56. The monoisotopic (exact) mass is 212 g/mol. The fourth-order valence-corrected chi connectivity index (χ4v) is 3.19. The molecule has 1 N–H and O–H groups in total. The minimum Gasteiger partial charge on any atom is -0.315 e. The maximum Gasteiger partial charge on any atom is 0.0285 e. The molecule has 1 unspecified atom stereocenters. The molecule has 1 aliphatic rings. The van der Waals surface area contributed by atoms with E-state index < -0.39 is 0 Å². The van der Waals surface area contributed by atoms with Crippen LogP contribution in [0.4, 0.5) is 0 Å². The Kier molecular flexibility index (Phi) is 3.83. The van der Waals surface area contributed by atoms with Crippen LogP contribution in [0.2, 0.25) is 0 Å². The van der Waals surface area contributed by atoms with Crippen LogP contribution in [0, 0.1) is 0 Å². The minimum absolute atomic E-state index is 0.259. The summed E-state index contributed by atoms with van der Waals surface area (Å²) in [5.41, 5.74) is 0.567. The first-order chi connectivity index (χ1) is 6.81. The van der Waals surface area contributed by atoms with Gasteiger partial charge in [-0.15, -0.1) is 0 Å². The first kappa shape index (κ1) is 13.0. The zero-order valence-corrected chi connectivity index (χ0v) is 11.4. The quantitative estimate of drug-likeness (QED) is 0.757. The van der Waals surface area contributed by atoms with Crippen LogP contribution < -0.4 is 5.32 Å². The summed E-state index contributed by atoms with van der Waals surface area (Å²) in [4.78, 5) is 2.71. The third-order valence-electron chi connectivity index (χ3n) is 3.81. The van der Waals surface area contributed by atoms with E-state index in [1.54, 1.807) is 0 Å². The van der Waals surface area contributed by atoms with Crippen molar-refractivity contribution in [1.29, 1.82) is 0 Å². The number of hydrogen-bond acceptors (Lipinski definition) is 2. The molecule has 0 aromatic rings. The molecule has 1 fully saturated rings. The van der Waals surface area contributed by atoms with Crippen molar-refractivity contribution < 1.29 is 0 Å². The fourth-order valence-electron chi connectivity index (χ4n) is 3.19. The highest BCUT2D eigenvalue weighted by atomic mass is 15.3. The highest BCUT2D eigenvalue weighted by molar-refractivity contribution is 4.98. The molecule has 15 heavy (non-hydrogen) atoms. The Morgan fingerprint density at radius 2 is 1.80 bits per heavy atom. The van der Waals surface area contributed by atoms with E-state index in [0.717, 1.165) is 13.1 Å². The van der Waals surface area contributed by atoms with Crippen molar-refractivity contribution in [2.75, 3.05) is 13.1 Å². The number of nitrogens with one attached hydrogen (secondary N) is 1. The zero-order valence-electron chi connectivity index (χ0n) is 11.4. The Morgan fingerprint density at radius 3 is 2.33 bits per heavy atom. The molecule has 0 amide bonds. The third-order valence-corrected chi connectivity index (χ3v) is 3.81. The van der Waals surface area contributed by atoms with Crippen molar-refractivity contribution >= 4 is 0 Å². The first-order valence-electron chi connectivity index (χ1n) is 6.31. The Morgan fingerprint density at radius 1 is 1.20 bits per heavy atom. The van der Waals surface area contributed by atoms with Gasteiger partial charge in [0, 0.05) is 23.7 Å². The van der Waals surface area contributed by atoms with Gasteiger partial charge in [-0.05, 0) is 54.0 Å². The van der Waals surface area contributed by atoms with Crippen molar-refractivity contribution in [2.45, 2.75) is 71.5 Å². The maximum absolute atomic E-state index is 3.56. The molecule has 1 aliphatic heterocycles. The van der Waals surface area contributed by atoms with Crippen LogP contribution in [0.5, 0.6) is 0 Å². The summed E-state index contributed by atoms with van der Waals surface area (Å²) in [7, 11) is 0. The summed E-state index contributed by atoms with van der Waals surface area (Å²) < 4.78 is 0. The lowest BCUT2D eigenvalue weighted by Crippen LogP contribution is -2.60. The van der Waals surface area contributed by atoms with Crippen LogP contribution in [-0.2, 0) is 0 Å². The van der Waals surface area contributed by atoms with E-state index in [2.05, 4.69) is 51.8 Å². The lowest BCUT2D eigenvalue weighted by molar-refractivity contribution is -0.00941. The zero-order chi connectivity index (χ0) is 11.7. The van der Waals surface area contributed by atoms with Gasteiger partial charge in [-0.1, -0.05) is 6.92 Å². The lowest BCUT2D eigenvalue weighted by Gasteiger charge is -2.50. The van der Waals surface area contributed by atoms with Gasteiger partial charge in [0.1, 0.15) is 0 Å². The molecule has 0 aromatic carbocycles. The summed E-state index contributed by atoms with van der Waals surface area (Å²) >= 11 is 0. The van der Waals surface area contributed by atoms with Crippen molar-refractivity contribution in [3.8, 4) is 0 Å². The van der Waals surface area contributed by atoms with E-state index in [9.17, 15) is 0 Å². The second-order valence-corrected chi connectivity index (χ2v) is 6.18. The van der Waals surface area contributed by atoms with Crippen molar-refractivity contribution in [3.05, 3.63) is 0 Å². The highest BCUT2D eigenvalue weighted by Crippen LogP contribution is 2.32. The van der Waals surface area contributed by atoms with E-state index >= 15 is 0 Å². The topological polar surface area (TPSA) is 15.3 Å². The van der Waals surface area contributed by atoms with Gasteiger partial charge in [-0.3, -0.25) is 4.90 Å². The SMILES string of the molecule is CCC(C)N1C(C)(C)CCNCC1(C)C. The van der Waals surface area contributed by atoms with Crippen LogP contribution in [0.3, 0.4) is 0 Å². The highest BCUT2D eigenvalue weighted by Gasteiger charge is 2.41. The van der Waals surface area contributed by atoms with Gasteiger partial charge < -0.3 is 5.32 Å². The van der Waals surface area contributed by atoms with Crippen molar-refractivity contribution in [1.82, 2.24) is 10.2 Å². The maximum atomic E-state index is 3.56. The van der Waals surface area contributed by atoms with Gasteiger partial charge in [0.2, 0.25) is 0 Å². The second kappa shape index (κ2) is 4.42. The third kappa shape index (κ3) is 2.73. The Labute approximate surface area is 95.4 Å². The van der Waals surface area contributed by atoms with Crippen molar-refractivity contribution in [3.63, 3.8) is 0 Å². The Hall–Kier alpha value is -0.0800.